The van der Waals surface area contributed by atoms with Crippen molar-refractivity contribution >= 4 is 23.2 Å². The van der Waals surface area contributed by atoms with Gasteiger partial charge in [-0.2, -0.15) is 0 Å². The summed E-state index contributed by atoms with van der Waals surface area (Å²) >= 11 is 1.52. The van der Waals surface area contributed by atoms with Gasteiger partial charge in [-0.25, -0.2) is 0 Å². The molecule has 0 aromatic heterocycles. The standard InChI is InChI=1S/C23H26N2O4S/c1-16-6-8-18(9-7-16)30-23(14-24-10-4-3-5-11-24)15-29-21-19(22(23)26)12-17(2)13-20(21)25(27)28/h6-9,12-13H,3-5,10-11,14-15H2,1-2H3/t23-/m0/s1. The zero-order valence-corrected chi connectivity index (χ0v) is 18.2. The number of hydrogen-bond acceptors (Lipinski definition) is 6. The van der Waals surface area contributed by atoms with Crippen molar-refractivity contribution in [3.63, 3.8) is 0 Å². The predicted octanol–water partition coefficient (Wildman–Crippen LogP) is 4.80. The Bertz CT molecular complexity index is 970. The molecule has 2 aromatic rings. The summed E-state index contributed by atoms with van der Waals surface area (Å²) in [5.74, 6) is 0.0288. The lowest BCUT2D eigenvalue weighted by Crippen LogP contribution is -2.53. The maximum Gasteiger partial charge on any atom is 0.311 e. The molecule has 30 heavy (non-hydrogen) atoms. The molecule has 2 aromatic carbocycles. The third-order valence-electron chi connectivity index (χ3n) is 5.78. The third kappa shape index (κ3) is 4.09. The number of hydrogen-bond donors (Lipinski definition) is 0. The summed E-state index contributed by atoms with van der Waals surface area (Å²) in [6.45, 7) is 6.43. The van der Waals surface area contributed by atoms with Gasteiger partial charge in [-0.05, 0) is 63.5 Å². The van der Waals surface area contributed by atoms with E-state index in [2.05, 4.69) is 4.90 Å². The highest BCUT2D eigenvalue weighted by Crippen LogP contribution is 2.45. The summed E-state index contributed by atoms with van der Waals surface area (Å²) in [5.41, 5.74) is 2.04. The molecule has 7 heteroatoms. The minimum atomic E-state index is -0.832. The van der Waals surface area contributed by atoms with E-state index >= 15 is 0 Å². The first kappa shape index (κ1) is 20.9. The van der Waals surface area contributed by atoms with Crippen LogP contribution < -0.4 is 4.74 Å². The van der Waals surface area contributed by atoms with Crippen molar-refractivity contribution in [2.24, 2.45) is 0 Å². The average Bonchev–Trinajstić information content (AvgIpc) is 2.73. The van der Waals surface area contributed by atoms with Crippen LogP contribution in [0.4, 0.5) is 5.69 Å². The Hall–Kier alpha value is -2.38. The third-order valence-corrected chi connectivity index (χ3v) is 7.11. The molecule has 4 rings (SSSR count). The second-order valence-electron chi connectivity index (χ2n) is 8.28. The monoisotopic (exact) mass is 426 g/mol. The molecule has 1 atom stereocenters. The molecule has 1 saturated heterocycles. The number of fused-ring (bicyclic) bond motifs is 1. The number of Topliss-reactive ketones (excluding diaryl/α,β-unsaturated/α-hetero) is 1. The highest BCUT2D eigenvalue weighted by atomic mass is 32.2. The summed E-state index contributed by atoms with van der Waals surface area (Å²) in [7, 11) is 0. The summed E-state index contributed by atoms with van der Waals surface area (Å²) in [6.07, 6.45) is 3.47. The number of likely N-dealkylation sites (tertiary alicyclic amines) is 1. The molecule has 6 nitrogen and oxygen atoms in total. The van der Waals surface area contributed by atoms with Gasteiger partial charge in [0, 0.05) is 17.5 Å². The zero-order valence-electron chi connectivity index (χ0n) is 17.3. The van der Waals surface area contributed by atoms with Gasteiger partial charge in [0.15, 0.2) is 5.78 Å². The number of carbonyl (C=O) groups excluding carboxylic acids is 1. The molecular formula is C23H26N2O4S. The maximum atomic E-state index is 13.9. The fourth-order valence-electron chi connectivity index (χ4n) is 4.25. The topological polar surface area (TPSA) is 72.7 Å². The molecule has 158 valence electrons. The molecule has 0 N–H and O–H groups in total. The minimum absolute atomic E-state index is 0.0771. The summed E-state index contributed by atoms with van der Waals surface area (Å²) < 4.78 is 5.15. The van der Waals surface area contributed by atoms with Gasteiger partial charge >= 0.3 is 5.69 Å². The lowest BCUT2D eigenvalue weighted by Gasteiger charge is -2.40. The fourth-order valence-corrected chi connectivity index (χ4v) is 5.54. The van der Waals surface area contributed by atoms with Crippen LogP contribution in [-0.2, 0) is 0 Å². The van der Waals surface area contributed by atoms with Crippen LogP contribution in [0.5, 0.6) is 5.75 Å². The maximum absolute atomic E-state index is 13.9. The molecule has 0 saturated carbocycles. The minimum Gasteiger partial charge on any atom is -0.484 e. The number of rotatable bonds is 5. The number of ether oxygens (including phenoxy) is 1. The lowest BCUT2D eigenvalue weighted by molar-refractivity contribution is -0.386. The van der Waals surface area contributed by atoms with E-state index in [1.165, 1.54) is 24.2 Å². The first-order valence-electron chi connectivity index (χ1n) is 10.3. The number of nitro benzene ring substituents is 1. The van der Waals surface area contributed by atoms with Gasteiger partial charge in [-0.1, -0.05) is 24.1 Å². The van der Waals surface area contributed by atoms with Crippen molar-refractivity contribution in [1.82, 2.24) is 4.90 Å². The van der Waals surface area contributed by atoms with E-state index in [4.69, 9.17) is 4.74 Å². The number of nitrogens with zero attached hydrogens (tertiary/aromatic N) is 2. The summed E-state index contributed by atoms with van der Waals surface area (Å²) in [4.78, 5) is 28.3. The van der Waals surface area contributed by atoms with Crippen LogP contribution >= 0.6 is 11.8 Å². The Morgan fingerprint density at radius 3 is 2.47 bits per heavy atom. The number of benzene rings is 2. The Morgan fingerprint density at radius 1 is 1.10 bits per heavy atom. The SMILES string of the molecule is Cc1ccc(S[C@@]2(CN3CCCCC3)COc3c(cc(C)cc3[N+](=O)[O-])C2=O)cc1. The van der Waals surface area contributed by atoms with Crippen LogP contribution in [0.3, 0.4) is 0 Å². The van der Waals surface area contributed by atoms with Crippen molar-refractivity contribution in [2.75, 3.05) is 26.2 Å². The van der Waals surface area contributed by atoms with E-state index in [9.17, 15) is 14.9 Å². The molecule has 0 aliphatic carbocycles. The van der Waals surface area contributed by atoms with Crippen LogP contribution in [0.2, 0.25) is 0 Å². The number of nitro groups is 1. The molecular weight excluding hydrogens is 400 g/mol. The largest absolute Gasteiger partial charge is 0.484 e. The smallest absolute Gasteiger partial charge is 0.311 e. The highest BCUT2D eigenvalue weighted by Gasteiger charge is 2.48. The van der Waals surface area contributed by atoms with Gasteiger partial charge in [0.05, 0.1) is 10.5 Å². The van der Waals surface area contributed by atoms with Gasteiger partial charge in [-0.3, -0.25) is 14.9 Å². The van der Waals surface area contributed by atoms with E-state index < -0.39 is 9.67 Å². The molecule has 0 spiro atoms. The van der Waals surface area contributed by atoms with E-state index in [0.717, 1.165) is 36.4 Å². The van der Waals surface area contributed by atoms with E-state index in [1.807, 2.05) is 31.2 Å². The zero-order chi connectivity index (χ0) is 21.3. The van der Waals surface area contributed by atoms with E-state index in [0.29, 0.717) is 17.7 Å². The van der Waals surface area contributed by atoms with Crippen LogP contribution in [0.1, 0.15) is 40.7 Å². The van der Waals surface area contributed by atoms with Crippen molar-refractivity contribution in [2.45, 2.75) is 42.8 Å². The number of carbonyl (C=O) groups is 1. The Balaban J connectivity index is 1.75. The number of aryl methyl sites for hydroxylation is 2. The molecule has 1 fully saturated rings. The summed E-state index contributed by atoms with van der Waals surface area (Å²) in [5, 5.41) is 11.5. The van der Waals surface area contributed by atoms with Gasteiger partial charge in [-0.15, -0.1) is 11.8 Å². The fraction of sp³-hybridized carbons (Fsp3) is 0.435. The quantitative estimate of drug-likeness (QED) is 0.505. The lowest BCUT2D eigenvalue weighted by atomic mass is 9.91. The van der Waals surface area contributed by atoms with E-state index in [-0.39, 0.29) is 23.8 Å². The van der Waals surface area contributed by atoms with Crippen LogP contribution in [0.15, 0.2) is 41.3 Å². The Labute approximate surface area is 180 Å². The Morgan fingerprint density at radius 2 is 1.80 bits per heavy atom. The number of ketones is 1. The molecule has 2 heterocycles. The highest BCUT2D eigenvalue weighted by molar-refractivity contribution is 8.01. The Kier molecular flexibility index (Phi) is 5.84. The molecule has 0 unspecified atom stereocenters. The molecule has 0 radical (unpaired) electrons. The molecule has 0 bridgehead atoms. The average molecular weight is 427 g/mol. The van der Waals surface area contributed by atoms with Crippen molar-refractivity contribution in [3.05, 3.63) is 63.2 Å². The molecule has 0 amide bonds. The predicted molar refractivity (Wildman–Crippen MR) is 118 cm³/mol. The molecule has 2 aliphatic rings. The van der Waals surface area contributed by atoms with Gasteiger partial charge in [0.1, 0.15) is 11.4 Å². The van der Waals surface area contributed by atoms with Crippen molar-refractivity contribution in [3.8, 4) is 5.75 Å². The molecule has 2 aliphatic heterocycles. The van der Waals surface area contributed by atoms with Crippen molar-refractivity contribution < 1.29 is 14.5 Å². The van der Waals surface area contributed by atoms with Gasteiger partial charge in [0.25, 0.3) is 0 Å². The first-order chi connectivity index (χ1) is 14.4. The van der Waals surface area contributed by atoms with Crippen LogP contribution in [-0.4, -0.2) is 46.6 Å². The normalized spacial score (nSPS) is 21.7. The first-order valence-corrected chi connectivity index (χ1v) is 11.1. The second-order valence-corrected chi connectivity index (χ2v) is 9.74. The van der Waals surface area contributed by atoms with Crippen LogP contribution in [0.25, 0.3) is 0 Å². The number of thioether (sulfide) groups is 1. The van der Waals surface area contributed by atoms with E-state index in [1.54, 1.807) is 13.0 Å². The number of piperidine rings is 1. The summed E-state index contributed by atoms with van der Waals surface area (Å²) in [6, 6.07) is 11.3. The van der Waals surface area contributed by atoms with Crippen molar-refractivity contribution in [1.29, 1.82) is 0 Å². The van der Waals surface area contributed by atoms with Gasteiger partial charge < -0.3 is 9.64 Å². The van der Waals surface area contributed by atoms with Gasteiger partial charge in [0.2, 0.25) is 5.75 Å². The van der Waals surface area contributed by atoms with Crippen LogP contribution in [0, 0.1) is 24.0 Å². The second kappa shape index (κ2) is 8.40.